The largest absolute Gasteiger partial charge is 0.0791 e. The molecule has 11 aromatic carbocycles. The van der Waals surface area contributed by atoms with E-state index in [-0.39, 0.29) is 0 Å². The smallest absolute Gasteiger partial charge is 0.00878 e. The average molecular weight is 711 g/mol. The Balaban J connectivity index is 0.965. The summed E-state index contributed by atoms with van der Waals surface area (Å²) in [5.41, 5.74) is 6.29. The molecule has 0 bridgehead atoms. The third-order valence-electron chi connectivity index (χ3n) is 12.0. The van der Waals surface area contributed by atoms with Gasteiger partial charge in [0.1, 0.15) is 0 Å². The number of rotatable bonds is 4. The lowest BCUT2D eigenvalue weighted by atomic mass is 9.92. The summed E-state index contributed by atoms with van der Waals surface area (Å²) < 4.78 is 0. The van der Waals surface area contributed by atoms with Crippen molar-refractivity contribution < 1.29 is 0 Å². The first kappa shape index (κ1) is 32.4. The summed E-state index contributed by atoms with van der Waals surface area (Å²) in [5.74, 6) is 0. The van der Waals surface area contributed by atoms with Gasteiger partial charge in [-0.3, -0.25) is 0 Å². The van der Waals surface area contributed by atoms with Crippen LogP contribution in [-0.4, -0.2) is 0 Å². The molecule has 0 nitrogen and oxygen atoms in total. The van der Waals surface area contributed by atoms with E-state index in [1.165, 1.54) is 114 Å². The highest BCUT2D eigenvalue weighted by Gasteiger charge is 2.10. The molecule has 0 radical (unpaired) electrons. The van der Waals surface area contributed by atoms with Crippen molar-refractivity contribution in [3.63, 3.8) is 0 Å². The standard InChI is InChI=1S/C56H38/c1-2-47-52(29-16-36-15-17-42-32-43(27-26-41(42)31-36)44-24-22-39-20-18-37-9-3-5-11-48(37)54(39)33-44)50-13-7-8-14-51(50)56-35-46(28-30-53(47)56)45-25-23-40-21-19-38-10-4-6-12-49(38)55(40)34-45/h2-15,17-35H,16H2,1H3/b47-2+,52-29+. The van der Waals surface area contributed by atoms with E-state index in [2.05, 4.69) is 207 Å². The van der Waals surface area contributed by atoms with Gasteiger partial charge >= 0.3 is 0 Å². The van der Waals surface area contributed by atoms with E-state index in [0.29, 0.717) is 0 Å². The monoisotopic (exact) mass is 710 g/mol. The van der Waals surface area contributed by atoms with Gasteiger partial charge in [-0.2, -0.15) is 0 Å². The van der Waals surface area contributed by atoms with Crippen LogP contribution in [0.2, 0.25) is 0 Å². The predicted molar refractivity (Wildman–Crippen MR) is 244 cm³/mol. The van der Waals surface area contributed by atoms with Crippen molar-refractivity contribution in [2.45, 2.75) is 13.3 Å². The number of hydrogen-bond acceptors (Lipinski definition) is 0. The normalized spacial score (nSPS) is 12.7. The Morgan fingerprint density at radius 2 is 0.732 bits per heavy atom. The molecule has 0 amide bonds. The summed E-state index contributed by atoms with van der Waals surface area (Å²) >= 11 is 0. The van der Waals surface area contributed by atoms with Gasteiger partial charge in [0.15, 0.2) is 0 Å². The highest BCUT2D eigenvalue weighted by Crippen LogP contribution is 2.34. The molecule has 0 aliphatic carbocycles. The fraction of sp³-hybridized carbons (Fsp3) is 0.0357. The zero-order valence-corrected chi connectivity index (χ0v) is 31.3. The van der Waals surface area contributed by atoms with Gasteiger partial charge in [-0.25, -0.2) is 0 Å². The highest BCUT2D eigenvalue weighted by molar-refractivity contribution is 6.12. The van der Waals surface area contributed by atoms with Gasteiger partial charge in [-0.15, -0.1) is 0 Å². The molecule has 0 atom stereocenters. The van der Waals surface area contributed by atoms with Crippen LogP contribution < -0.4 is 10.4 Å². The zero-order chi connectivity index (χ0) is 37.2. The average Bonchev–Trinajstić information content (AvgIpc) is 3.27. The minimum Gasteiger partial charge on any atom is -0.0791 e. The Labute approximate surface area is 325 Å². The van der Waals surface area contributed by atoms with Gasteiger partial charge < -0.3 is 0 Å². The van der Waals surface area contributed by atoms with E-state index in [1.54, 1.807) is 0 Å². The van der Waals surface area contributed by atoms with Crippen molar-refractivity contribution in [2.24, 2.45) is 0 Å². The van der Waals surface area contributed by atoms with Crippen molar-refractivity contribution in [1.82, 2.24) is 0 Å². The van der Waals surface area contributed by atoms with Gasteiger partial charge in [0, 0.05) is 0 Å². The van der Waals surface area contributed by atoms with E-state index < -0.39 is 0 Å². The van der Waals surface area contributed by atoms with E-state index >= 15 is 0 Å². The first-order chi connectivity index (χ1) is 27.7. The molecule has 0 N–H and O–H groups in total. The van der Waals surface area contributed by atoms with E-state index in [4.69, 9.17) is 0 Å². The summed E-state index contributed by atoms with van der Waals surface area (Å²) in [4.78, 5) is 0. The molecule has 0 saturated heterocycles. The Hall–Kier alpha value is -7.02. The Morgan fingerprint density at radius 1 is 0.304 bits per heavy atom. The van der Waals surface area contributed by atoms with Crippen molar-refractivity contribution in [2.75, 3.05) is 0 Å². The highest BCUT2D eigenvalue weighted by atomic mass is 14.1. The quantitative estimate of drug-likeness (QED) is 0.160. The van der Waals surface area contributed by atoms with Crippen LogP contribution in [0.15, 0.2) is 188 Å². The molecule has 0 aliphatic rings. The van der Waals surface area contributed by atoms with E-state index in [9.17, 15) is 0 Å². The summed E-state index contributed by atoms with van der Waals surface area (Å²) in [7, 11) is 0. The summed E-state index contributed by atoms with van der Waals surface area (Å²) in [6.45, 7) is 2.18. The van der Waals surface area contributed by atoms with Crippen molar-refractivity contribution in [3.05, 3.63) is 204 Å². The van der Waals surface area contributed by atoms with E-state index in [1.807, 2.05) is 0 Å². The zero-order valence-electron chi connectivity index (χ0n) is 31.3. The molecular weight excluding hydrogens is 673 g/mol. The maximum absolute atomic E-state index is 2.44. The molecule has 56 heavy (non-hydrogen) atoms. The number of fused-ring (bicyclic) bond motifs is 10. The molecule has 0 fully saturated rings. The van der Waals surface area contributed by atoms with Gasteiger partial charge in [-0.05, 0) is 151 Å². The van der Waals surface area contributed by atoms with Crippen molar-refractivity contribution in [1.29, 1.82) is 0 Å². The van der Waals surface area contributed by atoms with Gasteiger partial charge in [-0.1, -0.05) is 176 Å². The Kier molecular flexibility index (Phi) is 7.57. The lowest BCUT2D eigenvalue weighted by Crippen LogP contribution is -2.26. The lowest BCUT2D eigenvalue weighted by Gasteiger charge is -2.12. The minimum atomic E-state index is 0.856. The minimum absolute atomic E-state index is 0.856. The molecule has 0 aromatic heterocycles. The van der Waals surface area contributed by atoms with Crippen molar-refractivity contribution >= 4 is 87.6 Å². The fourth-order valence-corrected chi connectivity index (χ4v) is 9.14. The van der Waals surface area contributed by atoms with Gasteiger partial charge in [0.05, 0.1) is 0 Å². The maximum Gasteiger partial charge on any atom is -0.00878 e. The maximum atomic E-state index is 2.44. The van der Waals surface area contributed by atoms with Crippen LogP contribution in [0, 0.1) is 0 Å². The SMILES string of the molecule is C/C=c1\c(=C/Cc2ccc3cc(-c4ccc5ccc6ccccc6c5c4)ccc3c2)c2ccccc2c2cc(-c3ccc4ccc5ccccc5c4c3)ccc12. The second-order valence-corrected chi connectivity index (χ2v) is 15.2. The van der Waals surface area contributed by atoms with Gasteiger partial charge in [0.25, 0.3) is 0 Å². The molecule has 11 rings (SSSR count). The Morgan fingerprint density at radius 3 is 1.36 bits per heavy atom. The molecule has 11 aromatic rings. The third kappa shape index (κ3) is 5.37. The van der Waals surface area contributed by atoms with E-state index in [0.717, 1.165) is 6.42 Å². The summed E-state index contributed by atoms with van der Waals surface area (Å²) in [6.07, 6.45) is 5.59. The summed E-state index contributed by atoms with van der Waals surface area (Å²) in [5, 5.41) is 20.6. The molecular formula is C56H38. The fourth-order valence-electron chi connectivity index (χ4n) is 9.14. The third-order valence-corrected chi connectivity index (χ3v) is 12.0. The molecule has 0 saturated carbocycles. The molecule has 0 heteroatoms. The topological polar surface area (TPSA) is 0 Å². The first-order valence-corrected chi connectivity index (χ1v) is 19.7. The summed E-state index contributed by atoms with van der Waals surface area (Å²) in [6, 6.07) is 69.8. The first-order valence-electron chi connectivity index (χ1n) is 19.7. The molecule has 0 unspecified atom stereocenters. The van der Waals surface area contributed by atoms with Crippen LogP contribution >= 0.6 is 0 Å². The number of benzene rings is 11. The molecule has 0 aliphatic heterocycles. The van der Waals surface area contributed by atoms with Crippen LogP contribution in [-0.2, 0) is 6.42 Å². The second kappa shape index (κ2) is 13.1. The van der Waals surface area contributed by atoms with Crippen molar-refractivity contribution in [3.8, 4) is 22.3 Å². The second-order valence-electron chi connectivity index (χ2n) is 15.2. The molecule has 0 spiro atoms. The number of hydrogen-bond donors (Lipinski definition) is 0. The molecule has 262 valence electrons. The van der Waals surface area contributed by atoms with Gasteiger partial charge in [0.2, 0.25) is 0 Å². The van der Waals surface area contributed by atoms with Crippen LogP contribution in [0.5, 0.6) is 0 Å². The van der Waals surface area contributed by atoms with Crippen LogP contribution in [0.3, 0.4) is 0 Å². The Bertz CT molecular complexity index is 3510. The van der Waals surface area contributed by atoms with Crippen LogP contribution in [0.25, 0.3) is 110 Å². The predicted octanol–water partition coefficient (Wildman–Crippen LogP) is 13.9. The van der Waals surface area contributed by atoms with Crippen LogP contribution in [0.4, 0.5) is 0 Å². The van der Waals surface area contributed by atoms with Crippen LogP contribution in [0.1, 0.15) is 12.5 Å². The molecule has 0 heterocycles. The lowest BCUT2D eigenvalue weighted by molar-refractivity contribution is 1.34.